The summed E-state index contributed by atoms with van der Waals surface area (Å²) in [5.74, 6) is 0.243. The van der Waals surface area contributed by atoms with E-state index in [2.05, 4.69) is 144 Å². The molecule has 0 fully saturated rings. The number of nitrogens with zero attached hydrogens (tertiary/aromatic N) is 1. The summed E-state index contributed by atoms with van der Waals surface area (Å²) in [6.45, 7) is 11.6. The molecule has 3 aromatic carbocycles. The molecular formula is C28H30NTi. The van der Waals surface area contributed by atoms with Gasteiger partial charge in [-0.2, -0.15) is 0 Å². The van der Waals surface area contributed by atoms with Gasteiger partial charge >= 0.3 is 194 Å². The molecule has 1 unspecified atom stereocenters. The summed E-state index contributed by atoms with van der Waals surface area (Å²) in [5, 5.41) is 0. The van der Waals surface area contributed by atoms with Crippen molar-refractivity contribution in [1.82, 2.24) is 3.38 Å². The first kappa shape index (κ1) is 21.3. The number of fused-ring (bicyclic) bond motifs is 1. The van der Waals surface area contributed by atoms with Crippen LogP contribution < -0.4 is 0 Å². The Morgan fingerprint density at radius 1 is 0.700 bits per heavy atom. The van der Waals surface area contributed by atoms with E-state index in [1.807, 2.05) is 0 Å². The first-order valence-corrected chi connectivity index (χ1v) is 11.4. The molecule has 0 aliphatic heterocycles. The number of allylic oxidation sites excluding steroid dienone is 1. The van der Waals surface area contributed by atoms with E-state index in [0.717, 1.165) is 0 Å². The summed E-state index contributed by atoms with van der Waals surface area (Å²) in [5.41, 5.74) is 8.19. The standard InChI is InChI=1S/C28H30N.Ti/c1-27(2,3)29-28(4,5)25-18-12-11-17-23(25)26-22-16-10-9-15-21(22)19-24(26)20-13-7-6-8-14-20;/h6-19,26H,1-5H3;/q-1;+1. The Morgan fingerprint density at radius 2 is 1.27 bits per heavy atom. The van der Waals surface area contributed by atoms with Crippen molar-refractivity contribution in [3.63, 3.8) is 0 Å². The van der Waals surface area contributed by atoms with Gasteiger partial charge in [0, 0.05) is 0 Å². The SMILES string of the molecule is CC(C)(C)[N]([Ti])C(C)(C)c1ccccc1C1C(c2ccccc2)=Cc2ccccc21. The second-order valence-corrected chi connectivity index (χ2v) is 10.4. The van der Waals surface area contributed by atoms with Crippen molar-refractivity contribution in [3.8, 4) is 0 Å². The molecule has 0 amide bonds. The Bertz CT molecular complexity index is 1070. The average molecular weight is 428 g/mol. The Hall–Kier alpha value is -1.93. The van der Waals surface area contributed by atoms with Gasteiger partial charge in [0.15, 0.2) is 0 Å². The maximum atomic E-state index is 2.49. The monoisotopic (exact) mass is 428 g/mol. The molecule has 0 saturated carbocycles. The molecule has 4 rings (SSSR count). The van der Waals surface area contributed by atoms with Gasteiger partial charge in [0.25, 0.3) is 0 Å². The van der Waals surface area contributed by atoms with Gasteiger partial charge in [0.2, 0.25) is 0 Å². The first-order chi connectivity index (χ1) is 14.2. The molecule has 0 spiro atoms. The topological polar surface area (TPSA) is 3.24 Å². The second kappa shape index (κ2) is 7.96. The van der Waals surface area contributed by atoms with Crippen LogP contribution in [0.3, 0.4) is 0 Å². The van der Waals surface area contributed by atoms with Crippen LogP contribution in [0.15, 0.2) is 78.9 Å². The van der Waals surface area contributed by atoms with E-state index < -0.39 is 0 Å². The predicted octanol–water partition coefficient (Wildman–Crippen LogP) is 7.17. The van der Waals surface area contributed by atoms with Crippen molar-refractivity contribution >= 4 is 11.6 Å². The van der Waals surface area contributed by atoms with Crippen LogP contribution in [0.1, 0.15) is 68.4 Å². The summed E-state index contributed by atoms with van der Waals surface area (Å²) in [7, 11) is 0. The molecule has 1 aliphatic carbocycles. The molecule has 0 aromatic heterocycles. The van der Waals surface area contributed by atoms with Crippen molar-refractivity contribution < 1.29 is 20.7 Å². The molecule has 2 heteroatoms. The number of hydrogen-bond acceptors (Lipinski definition) is 1. The van der Waals surface area contributed by atoms with Crippen LogP contribution in [0, 0.1) is 0 Å². The fourth-order valence-electron chi connectivity index (χ4n) is 4.80. The average Bonchev–Trinajstić information content (AvgIpc) is 3.12. The van der Waals surface area contributed by atoms with Gasteiger partial charge < -0.3 is 0 Å². The van der Waals surface area contributed by atoms with Crippen molar-refractivity contribution in [2.24, 2.45) is 0 Å². The zero-order valence-corrected chi connectivity index (χ0v) is 20.2. The Kier molecular flexibility index (Phi) is 5.66. The molecule has 30 heavy (non-hydrogen) atoms. The van der Waals surface area contributed by atoms with E-state index in [-0.39, 0.29) is 17.0 Å². The molecule has 0 bridgehead atoms. The second-order valence-electron chi connectivity index (χ2n) is 9.68. The van der Waals surface area contributed by atoms with E-state index >= 15 is 0 Å². The fourth-order valence-corrected chi connectivity index (χ4v) is 4.99. The van der Waals surface area contributed by atoms with E-state index in [0.29, 0.717) is 0 Å². The van der Waals surface area contributed by atoms with Gasteiger partial charge in [-0.3, -0.25) is 0 Å². The quantitative estimate of drug-likeness (QED) is 0.398. The van der Waals surface area contributed by atoms with Gasteiger partial charge in [-0.15, -0.1) is 0 Å². The molecule has 0 radical (unpaired) electrons. The summed E-state index contributed by atoms with van der Waals surface area (Å²) >= 11 is 2.24. The van der Waals surface area contributed by atoms with Gasteiger partial charge in [0.1, 0.15) is 0 Å². The summed E-state index contributed by atoms with van der Waals surface area (Å²) in [6, 6.07) is 28.7. The van der Waals surface area contributed by atoms with Crippen LogP contribution in [0.25, 0.3) is 11.6 Å². The van der Waals surface area contributed by atoms with Crippen LogP contribution in [-0.2, 0) is 26.2 Å². The molecule has 151 valence electrons. The third-order valence-corrected chi connectivity index (χ3v) is 8.12. The van der Waals surface area contributed by atoms with Crippen LogP contribution in [0.5, 0.6) is 0 Å². The Labute approximate surface area is 193 Å². The van der Waals surface area contributed by atoms with Crippen LogP contribution in [0.4, 0.5) is 0 Å². The summed E-state index contributed by atoms with van der Waals surface area (Å²) < 4.78 is 2.49. The van der Waals surface area contributed by atoms with Crippen molar-refractivity contribution in [2.45, 2.75) is 51.6 Å². The number of benzene rings is 3. The van der Waals surface area contributed by atoms with Gasteiger partial charge in [-0.25, -0.2) is 0 Å². The van der Waals surface area contributed by atoms with Crippen molar-refractivity contribution in [2.75, 3.05) is 0 Å². The number of hydrogen-bond donors (Lipinski definition) is 0. The third kappa shape index (κ3) is 3.75. The first-order valence-electron chi connectivity index (χ1n) is 10.7. The summed E-state index contributed by atoms with van der Waals surface area (Å²) in [6.07, 6.45) is 2.38. The minimum atomic E-state index is -0.103. The van der Waals surface area contributed by atoms with Gasteiger partial charge in [-0.1, -0.05) is 0 Å². The van der Waals surface area contributed by atoms with E-state index in [1.165, 1.54) is 33.4 Å². The molecule has 1 aliphatic rings. The molecular weight excluding hydrogens is 398 g/mol. The molecule has 1 atom stereocenters. The van der Waals surface area contributed by atoms with Gasteiger partial charge in [-0.05, 0) is 0 Å². The summed E-state index contributed by atoms with van der Waals surface area (Å²) in [4.78, 5) is 0. The minimum absolute atomic E-state index is 0.0717. The maximum absolute atomic E-state index is 2.49. The van der Waals surface area contributed by atoms with E-state index in [4.69, 9.17) is 0 Å². The zero-order valence-electron chi connectivity index (χ0n) is 18.6. The van der Waals surface area contributed by atoms with E-state index in [9.17, 15) is 0 Å². The molecule has 0 heterocycles. The molecule has 0 saturated heterocycles. The normalized spacial score (nSPS) is 16.4. The van der Waals surface area contributed by atoms with Gasteiger partial charge in [0.05, 0.1) is 0 Å². The van der Waals surface area contributed by atoms with Crippen LogP contribution in [0.2, 0.25) is 0 Å². The Balaban J connectivity index is 1.91. The number of rotatable bonds is 4. The third-order valence-electron chi connectivity index (χ3n) is 6.20. The van der Waals surface area contributed by atoms with Crippen LogP contribution >= 0.6 is 0 Å². The van der Waals surface area contributed by atoms with Crippen molar-refractivity contribution in [3.05, 3.63) is 107 Å². The zero-order chi connectivity index (χ0) is 21.5. The fraction of sp³-hybridized carbons (Fsp3) is 0.286. The van der Waals surface area contributed by atoms with E-state index in [1.54, 1.807) is 0 Å². The van der Waals surface area contributed by atoms with Crippen molar-refractivity contribution in [1.29, 1.82) is 0 Å². The molecule has 3 aromatic rings. The molecule has 0 N–H and O–H groups in total. The molecule has 1 nitrogen and oxygen atoms in total. The Morgan fingerprint density at radius 3 is 1.93 bits per heavy atom. The van der Waals surface area contributed by atoms with Crippen LogP contribution in [-0.4, -0.2) is 8.92 Å². The predicted molar refractivity (Wildman–Crippen MR) is 124 cm³/mol.